The number of benzene rings is 1. The number of halogens is 1. The Hall–Kier alpha value is -2.54. The minimum absolute atomic E-state index is 0.136. The van der Waals surface area contributed by atoms with Crippen LogP contribution in [-0.4, -0.2) is 19.7 Å². The molecule has 0 amide bonds. The molecule has 0 radical (unpaired) electrons. The fraction of sp³-hybridized carbons (Fsp3) is 0.389. The topological polar surface area (TPSA) is 66.0 Å². The second-order valence-electron chi connectivity index (χ2n) is 7.22. The zero-order valence-corrected chi connectivity index (χ0v) is 14.4. The van der Waals surface area contributed by atoms with Gasteiger partial charge in [0.25, 0.3) is 5.89 Å². The Bertz CT molecular complexity index is 893. The van der Waals surface area contributed by atoms with Crippen molar-refractivity contribution in [2.24, 2.45) is 0 Å². The summed E-state index contributed by atoms with van der Waals surface area (Å²) in [6, 6.07) is 6.38. The first-order valence-corrected chi connectivity index (χ1v) is 8.17. The molecule has 0 spiro atoms. The van der Waals surface area contributed by atoms with E-state index in [0.29, 0.717) is 30.6 Å². The maximum absolute atomic E-state index is 13.1. The van der Waals surface area contributed by atoms with Gasteiger partial charge >= 0.3 is 0 Å². The molecule has 3 aromatic rings. The Balaban J connectivity index is 1.60. The van der Waals surface area contributed by atoms with Crippen molar-refractivity contribution in [1.82, 2.24) is 19.7 Å². The zero-order chi connectivity index (χ0) is 17.6. The van der Waals surface area contributed by atoms with Crippen LogP contribution in [0.5, 0.6) is 0 Å². The molecular formula is C18H19FN4O2. The lowest BCUT2D eigenvalue weighted by Gasteiger charge is -2.25. The molecule has 4 rings (SSSR count). The number of rotatable bonds is 2. The lowest BCUT2D eigenvalue weighted by molar-refractivity contribution is 0.00326. The van der Waals surface area contributed by atoms with Crippen LogP contribution in [0.15, 0.2) is 35.1 Å². The van der Waals surface area contributed by atoms with Crippen molar-refractivity contribution in [2.75, 3.05) is 0 Å². The van der Waals surface area contributed by atoms with E-state index in [4.69, 9.17) is 9.26 Å². The maximum atomic E-state index is 13.1. The number of hydrogen-bond donors (Lipinski definition) is 0. The van der Waals surface area contributed by atoms with Gasteiger partial charge in [-0.3, -0.25) is 0 Å². The van der Waals surface area contributed by atoms with Crippen LogP contribution in [0.2, 0.25) is 0 Å². The fourth-order valence-electron chi connectivity index (χ4n) is 2.81. The standard InChI is InChI=1S/C18H19FN4O2/c1-18(2,3)17-21-16(25-22-17)15-13-9-24-14(8-23(13)10-20-15)11-4-6-12(19)7-5-11/h4-7,10,14H,8-9H2,1-3H3. The summed E-state index contributed by atoms with van der Waals surface area (Å²) in [5.74, 6) is 0.795. The molecule has 1 atom stereocenters. The molecule has 0 aliphatic carbocycles. The third kappa shape index (κ3) is 2.95. The van der Waals surface area contributed by atoms with Gasteiger partial charge in [0.1, 0.15) is 11.9 Å². The monoisotopic (exact) mass is 342 g/mol. The van der Waals surface area contributed by atoms with Crippen LogP contribution >= 0.6 is 0 Å². The summed E-state index contributed by atoms with van der Waals surface area (Å²) in [6.45, 7) is 7.07. The van der Waals surface area contributed by atoms with Crippen molar-refractivity contribution in [2.45, 2.75) is 45.4 Å². The second-order valence-corrected chi connectivity index (χ2v) is 7.22. The Labute approximate surface area is 144 Å². The molecule has 25 heavy (non-hydrogen) atoms. The first kappa shape index (κ1) is 16.0. The van der Waals surface area contributed by atoms with E-state index in [1.807, 2.05) is 25.3 Å². The molecule has 1 unspecified atom stereocenters. The van der Waals surface area contributed by atoms with Crippen molar-refractivity contribution in [3.8, 4) is 11.6 Å². The van der Waals surface area contributed by atoms with Crippen LogP contribution in [0.3, 0.4) is 0 Å². The molecule has 1 aromatic carbocycles. The van der Waals surface area contributed by atoms with Crippen molar-refractivity contribution in [3.05, 3.63) is 53.5 Å². The van der Waals surface area contributed by atoms with E-state index in [-0.39, 0.29) is 17.3 Å². The lowest BCUT2D eigenvalue weighted by atomic mass is 9.96. The number of nitrogens with zero attached hydrogens (tertiary/aromatic N) is 4. The van der Waals surface area contributed by atoms with Gasteiger partial charge in [0, 0.05) is 5.41 Å². The van der Waals surface area contributed by atoms with Gasteiger partial charge in [-0.2, -0.15) is 4.98 Å². The second kappa shape index (κ2) is 5.77. The minimum Gasteiger partial charge on any atom is -0.365 e. The van der Waals surface area contributed by atoms with E-state index in [2.05, 4.69) is 15.1 Å². The van der Waals surface area contributed by atoms with Gasteiger partial charge in [-0.25, -0.2) is 9.37 Å². The lowest BCUT2D eigenvalue weighted by Crippen LogP contribution is -2.20. The maximum Gasteiger partial charge on any atom is 0.278 e. The molecule has 1 aliphatic rings. The van der Waals surface area contributed by atoms with Gasteiger partial charge in [-0.1, -0.05) is 38.1 Å². The fourth-order valence-corrected chi connectivity index (χ4v) is 2.81. The van der Waals surface area contributed by atoms with Crippen LogP contribution in [0.25, 0.3) is 11.6 Å². The Kier molecular flexibility index (Phi) is 3.68. The highest BCUT2D eigenvalue weighted by atomic mass is 19.1. The van der Waals surface area contributed by atoms with Crippen LogP contribution in [0.4, 0.5) is 4.39 Å². The Morgan fingerprint density at radius 2 is 1.96 bits per heavy atom. The van der Waals surface area contributed by atoms with E-state index >= 15 is 0 Å². The highest BCUT2D eigenvalue weighted by Crippen LogP contribution is 2.32. The van der Waals surface area contributed by atoms with Gasteiger partial charge in [-0.05, 0) is 17.7 Å². The summed E-state index contributed by atoms with van der Waals surface area (Å²) >= 11 is 0. The predicted octanol–water partition coefficient (Wildman–Crippen LogP) is 3.64. The van der Waals surface area contributed by atoms with Gasteiger partial charge < -0.3 is 13.8 Å². The molecule has 1 aliphatic heterocycles. The average Bonchev–Trinajstić information content (AvgIpc) is 3.21. The summed E-state index contributed by atoms with van der Waals surface area (Å²) in [7, 11) is 0. The van der Waals surface area contributed by atoms with E-state index in [9.17, 15) is 4.39 Å². The van der Waals surface area contributed by atoms with E-state index < -0.39 is 0 Å². The Morgan fingerprint density at radius 3 is 2.64 bits per heavy atom. The zero-order valence-electron chi connectivity index (χ0n) is 14.4. The predicted molar refractivity (Wildman–Crippen MR) is 88.1 cm³/mol. The molecule has 0 saturated heterocycles. The average molecular weight is 342 g/mol. The van der Waals surface area contributed by atoms with Gasteiger partial charge in [0.15, 0.2) is 11.5 Å². The SMILES string of the molecule is CC(C)(C)c1noc(-c2ncn3c2COC(c2ccc(F)cc2)C3)n1. The van der Waals surface area contributed by atoms with E-state index in [1.54, 1.807) is 18.5 Å². The molecule has 130 valence electrons. The third-order valence-electron chi connectivity index (χ3n) is 4.27. The molecular weight excluding hydrogens is 323 g/mol. The molecule has 6 nitrogen and oxygen atoms in total. The smallest absolute Gasteiger partial charge is 0.278 e. The number of imidazole rings is 1. The van der Waals surface area contributed by atoms with Crippen LogP contribution in [0, 0.1) is 5.82 Å². The largest absolute Gasteiger partial charge is 0.365 e. The summed E-state index contributed by atoms with van der Waals surface area (Å²) < 4.78 is 26.5. The molecule has 2 aromatic heterocycles. The molecule has 7 heteroatoms. The molecule has 0 bridgehead atoms. The van der Waals surface area contributed by atoms with Gasteiger partial charge in [-0.15, -0.1) is 0 Å². The van der Waals surface area contributed by atoms with E-state index in [0.717, 1.165) is 11.3 Å². The quantitative estimate of drug-likeness (QED) is 0.711. The first-order valence-electron chi connectivity index (χ1n) is 8.17. The minimum atomic E-state index is -0.254. The molecule has 0 N–H and O–H groups in total. The van der Waals surface area contributed by atoms with Gasteiger partial charge in [0.05, 0.1) is 25.2 Å². The number of fused-ring (bicyclic) bond motifs is 1. The normalized spacial score (nSPS) is 17.5. The number of ether oxygens (including phenoxy) is 1. The van der Waals surface area contributed by atoms with Crippen molar-refractivity contribution < 1.29 is 13.7 Å². The highest BCUT2D eigenvalue weighted by molar-refractivity contribution is 5.51. The molecule has 3 heterocycles. The molecule has 0 saturated carbocycles. The summed E-state index contributed by atoms with van der Waals surface area (Å²) in [5, 5.41) is 4.05. The summed E-state index contributed by atoms with van der Waals surface area (Å²) in [4.78, 5) is 8.90. The van der Waals surface area contributed by atoms with Crippen LogP contribution in [-0.2, 0) is 23.3 Å². The van der Waals surface area contributed by atoms with Crippen molar-refractivity contribution >= 4 is 0 Å². The summed E-state index contributed by atoms with van der Waals surface area (Å²) in [6.07, 6.45) is 1.62. The van der Waals surface area contributed by atoms with Crippen molar-refractivity contribution in [1.29, 1.82) is 0 Å². The van der Waals surface area contributed by atoms with Crippen LogP contribution < -0.4 is 0 Å². The van der Waals surface area contributed by atoms with Crippen LogP contribution in [0.1, 0.15) is 44.0 Å². The van der Waals surface area contributed by atoms with Gasteiger partial charge in [0.2, 0.25) is 0 Å². The Morgan fingerprint density at radius 1 is 1.20 bits per heavy atom. The number of aromatic nitrogens is 4. The number of hydrogen-bond acceptors (Lipinski definition) is 5. The molecule has 0 fully saturated rings. The third-order valence-corrected chi connectivity index (χ3v) is 4.27. The van der Waals surface area contributed by atoms with Crippen molar-refractivity contribution in [3.63, 3.8) is 0 Å². The van der Waals surface area contributed by atoms with E-state index in [1.165, 1.54) is 12.1 Å². The highest BCUT2D eigenvalue weighted by Gasteiger charge is 2.28. The first-order chi connectivity index (χ1) is 11.9. The summed E-state index contributed by atoms with van der Waals surface area (Å²) in [5.41, 5.74) is 2.31.